The number of nitrogens with zero attached hydrogens (tertiary/aromatic N) is 2. The number of hydrogen-bond acceptors (Lipinski definition) is 10. The molecule has 2 aliphatic heterocycles. The van der Waals surface area contributed by atoms with Gasteiger partial charge in [0.2, 0.25) is 27.7 Å². The van der Waals surface area contributed by atoms with Crippen LogP contribution in [0.15, 0.2) is 42.6 Å². The third-order valence-electron chi connectivity index (χ3n) is 11.8. The third kappa shape index (κ3) is 8.79. The van der Waals surface area contributed by atoms with Crippen LogP contribution in [0, 0.1) is 17.8 Å². The van der Waals surface area contributed by atoms with Crippen LogP contribution in [0.4, 0.5) is 18.0 Å². The Hall–Kier alpha value is -4.61. The summed E-state index contributed by atoms with van der Waals surface area (Å²) in [5.74, 6) is -2.89. The van der Waals surface area contributed by atoms with E-state index in [1.165, 1.54) is 25.1 Å². The molecular formula is C39H50F3N5O9S. The molecule has 1 aromatic heterocycles. The molecule has 2 saturated carbocycles. The molecular weight excluding hydrogens is 772 g/mol. The highest BCUT2D eigenvalue weighted by molar-refractivity contribution is 7.91. The Morgan fingerprint density at radius 2 is 1.84 bits per heavy atom. The lowest BCUT2D eigenvalue weighted by Gasteiger charge is -2.34. The van der Waals surface area contributed by atoms with E-state index in [-0.39, 0.29) is 31.2 Å². The van der Waals surface area contributed by atoms with Crippen molar-refractivity contribution in [1.82, 2.24) is 25.2 Å². The van der Waals surface area contributed by atoms with Gasteiger partial charge >= 0.3 is 12.3 Å². The molecule has 18 heteroatoms. The predicted molar refractivity (Wildman–Crippen MR) is 201 cm³/mol. The van der Waals surface area contributed by atoms with Gasteiger partial charge in [-0.3, -0.25) is 19.1 Å². The van der Waals surface area contributed by atoms with Crippen LogP contribution >= 0.6 is 0 Å². The monoisotopic (exact) mass is 821 g/mol. The maximum atomic E-state index is 14.8. The topological polar surface area (TPSA) is 182 Å². The molecule has 0 radical (unpaired) electrons. The number of allylic oxidation sites excluding steroid dienone is 1. The van der Waals surface area contributed by atoms with E-state index in [1.54, 1.807) is 25.1 Å². The molecule has 8 atom stereocenters. The van der Waals surface area contributed by atoms with Gasteiger partial charge in [-0.1, -0.05) is 50.6 Å². The molecule has 2 aliphatic carbocycles. The van der Waals surface area contributed by atoms with Crippen LogP contribution < -0.4 is 24.8 Å². The number of aromatic nitrogens is 1. The molecule has 0 spiro atoms. The number of sulfonamides is 1. The summed E-state index contributed by atoms with van der Waals surface area (Å²) in [5, 5.41) is 6.49. The molecule has 14 nitrogen and oxygen atoms in total. The molecule has 4 amide bonds. The van der Waals surface area contributed by atoms with Crippen LogP contribution in [-0.2, 0) is 29.1 Å². The van der Waals surface area contributed by atoms with Gasteiger partial charge in [-0.25, -0.2) is 18.2 Å². The first kappa shape index (κ1) is 42.0. The van der Waals surface area contributed by atoms with Crippen molar-refractivity contribution in [2.24, 2.45) is 17.8 Å². The summed E-state index contributed by atoms with van der Waals surface area (Å²) in [4.78, 5) is 61.9. The number of fused-ring (bicyclic) bond motifs is 3. The lowest BCUT2D eigenvalue weighted by atomic mass is 9.85. The zero-order valence-electron chi connectivity index (χ0n) is 32.6. The second kappa shape index (κ2) is 16.0. The lowest BCUT2D eigenvalue weighted by Crippen LogP contribution is -2.59. The summed E-state index contributed by atoms with van der Waals surface area (Å²) >= 11 is 0. The fourth-order valence-corrected chi connectivity index (χ4v) is 9.07. The van der Waals surface area contributed by atoms with Gasteiger partial charge in [-0.05, 0) is 70.3 Å². The van der Waals surface area contributed by atoms with Crippen LogP contribution in [0.2, 0.25) is 0 Å². The second-order valence-electron chi connectivity index (χ2n) is 16.0. The highest BCUT2D eigenvalue weighted by atomic mass is 32.2. The number of alkyl halides is 3. The fourth-order valence-electron chi connectivity index (χ4n) is 7.76. The van der Waals surface area contributed by atoms with E-state index in [9.17, 15) is 40.8 Å². The number of alkyl carbamates (subject to hydrolysis) is 1. The zero-order chi connectivity index (χ0) is 41.5. The first-order valence-electron chi connectivity index (χ1n) is 19.3. The van der Waals surface area contributed by atoms with Crippen LogP contribution in [0.1, 0.15) is 79.1 Å². The van der Waals surface area contributed by atoms with Crippen molar-refractivity contribution in [2.75, 3.05) is 13.7 Å². The van der Waals surface area contributed by atoms with E-state index in [2.05, 4.69) is 25.1 Å². The summed E-state index contributed by atoms with van der Waals surface area (Å²) in [6.45, 7) is 5.77. The van der Waals surface area contributed by atoms with Gasteiger partial charge in [0.05, 0.1) is 24.6 Å². The smallest absolute Gasteiger partial charge is 0.425 e. The summed E-state index contributed by atoms with van der Waals surface area (Å²) in [5.41, 5.74) is -1.64. The van der Waals surface area contributed by atoms with Crippen LogP contribution in [-0.4, -0.2) is 96.5 Å². The Labute approximate surface area is 329 Å². The van der Waals surface area contributed by atoms with Gasteiger partial charge < -0.3 is 29.7 Å². The number of pyridine rings is 1. The number of hydrogen-bond donors (Lipinski definition) is 3. The largest absolute Gasteiger partial charge is 0.494 e. The normalized spacial score (nSPS) is 29.4. The van der Waals surface area contributed by atoms with E-state index in [0.717, 1.165) is 0 Å². The SMILES string of the molecule is CC[C@@H]1C[C@H](C)CCC=C[C@@H]2C[C@@]2(C(=O)NS(=O)(=O)C2(C)CC2)NC(=O)[C@@H]2C[C@@H](Oc3ncc(OC)c4ccccc34)CN2C(=O)[C@H]1NC(=O)OC(C)C(F)(F)F. The number of carbonyl (C=O) groups excluding carboxylic acids is 4. The number of rotatable bonds is 9. The van der Waals surface area contributed by atoms with Gasteiger partial charge in [-0.15, -0.1) is 0 Å². The van der Waals surface area contributed by atoms with Gasteiger partial charge in [0.1, 0.15) is 29.5 Å². The number of amides is 4. The lowest BCUT2D eigenvalue weighted by molar-refractivity contribution is -0.197. The quantitative estimate of drug-likeness (QED) is 0.294. The highest BCUT2D eigenvalue weighted by Crippen LogP contribution is 2.48. The Morgan fingerprint density at radius 1 is 1.14 bits per heavy atom. The predicted octanol–water partition coefficient (Wildman–Crippen LogP) is 4.91. The summed E-state index contributed by atoms with van der Waals surface area (Å²) in [6.07, 6.45) is -1.81. The van der Waals surface area contributed by atoms with Crippen molar-refractivity contribution in [1.29, 1.82) is 0 Å². The van der Waals surface area contributed by atoms with Crippen molar-refractivity contribution in [2.45, 2.75) is 120 Å². The third-order valence-corrected chi connectivity index (χ3v) is 14.0. The minimum Gasteiger partial charge on any atom is -0.494 e. The Kier molecular flexibility index (Phi) is 11.8. The molecule has 3 heterocycles. The van der Waals surface area contributed by atoms with Gasteiger partial charge in [0, 0.05) is 23.1 Å². The van der Waals surface area contributed by atoms with E-state index in [0.29, 0.717) is 62.0 Å². The average molecular weight is 822 g/mol. The first-order valence-corrected chi connectivity index (χ1v) is 20.8. The van der Waals surface area contributed by atoms with E-state index < -0.39 is 86.4 Å². The number of ether oxygens (including phenoxy) is 3. The van der Waals surface area contributed by atoms with Crippen molar-refractivity contribution < 1.29 is 55.0 Å². The van der Waals surface area contributed by atoms with Gasteiger partial charge in [0.25, 0.3) is 5.91 Å². The minimum atomic E-state index is -4.85. The molecule has 6 rings (SSSR count). The number of benzene rings is 1. The molecule has 3 fully saturated rings. The molecule has 312 valence electrons. The molecule has 4 aliphatic rings. The molecule has 3 N–H and O–H groups in total. The fraction of sp³-hybridized carbons (Fsp3) is 0.615. The molecule has 2 aromatic rings. The number of halogens is 3. The standard InChI is InChI=1S/C39H50F3N5O9S/c1-6-24-17-22(2)11-7-8-12-25-19-38(25,35(50)46-57(52,53)37(4)15-16-37)45-32(48)29-18-26(56-33-28-14-10-9-13-27(28)30(54-5)20-43-33)21-47(29)34(49)31(24)44-36(51)55-23(3)39(40,41)42/h8-10,12-14,20,22-26,29,31H,6-7,11,15-19,21H2,1-5H3,(H,44,51)(H,45,48)(H,46,50)/t22-,23?,24-,25-,26-,29+,31+,38-/m1/s1. The average Bonchev–Trinajstić information content (AvgIpc) is 4.04. The molecule has 1 aromatic carbocycles. The summed E-state index contributed by atoms with van der Waals surface area (Å²) in [6, 6.07) is 4.46. The van der Waals surface area contributed by atoms with Crippen LogP contribution in [0.25, 0.3) is 10.8 Å². The molecule has 1 unspecified atom stereocenters. The van der Waals surface area contributed by atoms with Crippen LogP contribution in [0.5, 0.6) is 11.6 Å². The zero-order valence-corrected chi connectivity index (χ0v) is 33.4. The molecule has 57 heavy (non-hydrogen) atoms. The maximum absolute atomic E-state index is 14.8. The van der Waals surface area contributed by atoms with Gasteiger partial charge in [-0.2, -0.15) is 13.2 Å². The van der Waals surface area contributed by atoms with Crippen molar-refractivity contribution in [3.8, 4) is 11.6 Å². The summed E-state index contributed by atoms with van der Waals surface area (Å²) < 4.78 is 84.2. The first-order chi connectivity index (χ1) is 26.8. The highest BCUT2D eigenvalue weighted by Gasteiger charge is 2.63. The van der Waals surface area contributed by atoms with E-state index in [4.69, 9.17) is 9.47 Å². The molecule has 1 saturated heterocycles. The van der Waals surface area contributed by atoms with Crippen molar-refractivity contribution in [3.63, 3.8) is 0 Å². The van der Waals surface area contributed by atoms with Crippen LogP contribution in [0.3, 0.4) is 0 Å². The van der Waals surface area contributed by atoms with Gasteiger partial charge in [0.15, 0.2) is 6.10 Å². The number of carbonyl (C=O) groups is 4. The molecule has 0 bridgehead atoms. The number of nitrogens with one attached hydrogen (secondary N) is 3. The van der Waals surface area contributed by atoms with Crippen molar-refractivity contribution in [3.05, 3.63) is 42.6 Å². The van der Waals surface area contributed by atoms with Crippen molar-refractivity contribution >= 4 is 44.6 Å². The van der Waals surface area contributed by atoms with E-state index in [1.807, 2.05) is 25.1 Å². The summed E-state index contributed by atoms with van der Waals surface area (Å²) in [7, 11) is -2.57. The van der Waals surface area contributed by atoms with E-state index >= 15 is 0 Å². The minimum absolute atomic E-state index is 0.0247. The Balaban J connectivity index is 1.36. The second-order valence-corrected chi connectivity index (χ2v) is 18.2. The Bertz CT molecular complexity index is 2030. The number of methoxy groups -OCH3 is 1. The Morgan fingerprint density at radius 3 is 2.49 bits per heavy atom. The maximum Gasteiger partial charge on any atom is 0.425 e.